The predicted octanol–water partition coefficient (Wildman–Crippen LogP) is 4.17. The fourth-order valence-electron chi connectivity index (χ4n) is 3.19. The van der Waals surface area contributed by atoms with Gasteiger partial charge in [-0.3, -0.25) is 0 Å². The third kappa shape index (κ3) is 3.41. The Labute approximate surface area is 150 Å². The van der Waals surface area contributed by atoms with Crippen LogP contribution in [0.15, 0.2) is 84.9 Å². The number of rotatable bonds is 6. The van der Waals surface area contributed by atoms with E-state index in [4.69, 9.17) is 0 Å². The van der Waals surface area contributed by atoms with Crippen molar-refractivity contribution >= 4 is 28.7 Å². The Balaban J connectivity index is 2.12. The average Bonchev–Trinajstić information content (AvgIpc) is 2.70. The first-order valence-electron chi connectivity index (χ1n) is 8.77. The third-order valence-corrected chi connectivity index (χ3v) is 7.66. The summed E-state index contributed by atoms with van der Waals surface area (Å²) in [4.78, 5) is 2.29. The van der Waals surface area contributed by atoms with E-state index in [0.717, 1.165) is 29.0 Å². The van der Waals surface area contributed by atoms with Gasteiger partial charge < -0.3 is 9.46 Å². The summed E-state index contributed by atoms with van der Waals surface area (Å²) in [6.07, 6.45) is 0. The second-order valence-corrected chi connectivity index (χ2v) is 8.74. The van der Waals surface area contributed by atoms with Crippen LogP contribution in [0.4, 0.5) is 5.69 Å². The standard InChI is InChI=1S/C22H24NOP/c1-3-23(4-2)19-15-17-22(18-16-19)25(24,20-11-7-5-8-12-20)21-13-9-6-10-14-21/h5-18H,3-4H2,1-2H3. The highest BCUT2D eigenvalue weighted by Gasteiger charge is 2.29. The molecule has 0 N–H and O–H groups in total. The SMILES string of the molecule is CCN(CC)c1ccc(P(=O)(c2ccccc2)c2ccccc2)cc1. The second kappa shape index (κ2) is 7.72. The molecule has 0 amide bonds. The summed E-state index contributed by atoms with van der Waals surface area (Å²) < 4.78 is 14.2. The second-order valence-electron chi connectivity index (χ2n) is 5.97. The summed E-state index contributed by atoms with van der Waals surface area (Å²) in [5.41, 5.74) is 1.17. The molecule has 0 aromatic heterocycles. The highest BCUT2D eigenvalue weighted by molar-refractivity contribution is 7.85. The van der Waals surface area contributed by atoms with Gasteiger partial charge in [-0.25, -0.2) is 0 Å². The minimum Gasteiger partial charge on any atom is -0.372 e. The van der Waals surface area contributed by atoms with Crippen molar-refractivity contribution in [3.63, 3.8) is 0 Å². The Bertz CT molecular complexity index is 797. The van der Waals surface area contributed by atoms with E-state index in [-0.39, 0.29) is 0 Å². The number of benzene rings is 3. The fourth-order valence-corrected chi connectivity index (χ4v) is 5.83. The number of nitrogens with zero attached hydrogens (tertiary/aromatic N) is 1. The zero-order chi connectivity index (χ0) is 17.7. The van der Waals surface area contributed by atoms with E-state index in [1.165, 1.54) is 5.69 Å². The normalized spacial score (nSPS) is 11.3. The topological polar surface area (TPSA) is 20.3 Å². The number of anilines is 1. The first-order valence-corrected chi connectivity index (χ1v) is 10.5. The first-order chi connectivity index (χ1) is 12.2. The Kier molecular flexibility index (Phi) is 5.40. The molecule has 3 rings (SSSR count). The van der Waals surface area contributed by atoms with Crippen LogP contribution >= 0.6 is 7.14 Å². The van der Waals surface area contributed by atoms with Gasteiger partial charge in [0.2, 0.25) is 0 Å². The Morgan fingerprint density at radius 2 is 1.04 bits per heavy atom. The molecule has 25 heavy (non-hydrogen) atoms. The summed E-state index contributed by atoms with van der Waals surface area (Å²) in [6.45, 7) is 6.22. The molecule has 0 bridgehead atoms. The quantitative estimate of drug-likeness (QED) is 0.623. The van der Waals surface area contributed by atoms with Crippen LogP contribution in [0, 0.1) is 0 Å². The molecule has 3 heteroatoms. The van der Waals surface area contributed by atoms with Crippen LogP contribution in [0.1, 0.15) is 13.8 Å². The Morgan fingerprint density at radius 1 is 0.640 bits per heavy atom. The number of hydrogen-bond donors (Lipinski definition) is 0. The van der Waals surface area contributed by atoms with Gasteiger partial charge in [0.25, 0.3) is 0 Å². The monoisotopic (exact) mass is 349 g/mol. The molecule has 3 aromatic rings. The van der Waals surface area contributed by atoms with Crippen LogP contribution < -0.4 is 20.8 Å². The lowest BCUT2D eigenvalue weighted by Crippen LogP contribution is -2.26. The van der Waals surface area contributed by atoms with Crippen molar-refractivity contribution in [2.75, 3.05) is 18.0 Å². The predicted molar refractivity (Wildman–Crippen MR) is 109 cm³/mol. The summed E-state index contributed by atoms with van der Waals surface area (Å²) in [5, 5.41) is 2.62. The van der Waals surface area contributed by atoms with Gasteiger partial charge in [0.05, 0.1) is 0 Å². The molecule has 0 heterocycles. The zero-order valence-corrected chi connectivity index (χ0v) is 15.7. The van der Waals surface area contributed by atoms with Crippen LogP contribution in [-0.2, 0) is 4.57 Å². The average molecular weight is 349 g/mol. The molecule has 0 fully saturated rings. The van der Waals surface area contributed by atoms with E-state index in [1.54, 1.807) is 0 Å². The lowest BCUT2D eigenvalue weighted by Gasteiger charge is -2.23. The lowest BCUT2D eigenvalue weighted by molar-refractivity contribution is 0.592. The van der Waals surface area contributed by atoms with E-state index in [9.17, 15) is 4.57 Å². The minimum atomic E-state index is -2.86. The summed E-state index contributed by atoms with van der Waals surface area (Å²) in [6, 6.07) is 27.8. The van der Waals surface area contributed by atoms with Crippen molar-refractivity contribution in [1.29, 1.82) is 0 Å². The smallest absolute Gasteiger partial charge is 0.171 e. The van der Waals surface area contributed by atoms with Gasteiger partial charge in [-0.1, -0.05) is 60.7 Å². The van der Waals surface area contributed by atoms with Crippen molar-refractivity contribution in [1.82, 2.24) is 0 Å². The number of hydrogen-bond acceptors (Lipinski definition) is 2. The van der Waals surface area contributed by atoms with Crippen molar-refractivity contribution in [3.8, 4) is 0 Å². The van der Waals surface area contributed by atoms with Crippen LogP contribution in [0.3, 0.4) is 0 Å². The van der Waals surface area contributed by atoms with Crippen LogP contribution in [0.2, 0.25) is 0 Å². The maximum Gasteiger partial charge on any atom is 0.171 e. The van der Waals surface area contributed by atoms with Crippen molar-refractivity contribution in [2.24, 2.45) is 0 Å². The molecule has 128 valence electrons. The van der Waals surface area contributed by atoms with Gasteiger partial charge in [0, 0.05) is 34.7 Å². The largest absolute Gasteiger partial charge is 0.372 e. The molecule has 0 spiro atoms. The molecule has 0 aliphatic rings. The minimum absolute atomic E-state index is 0.872. The molecule has 0 aliphatic heterocycles. The molecular formula is C22H24NOP. The van der Waals surface area contributed by atoms with Gasteiger partial charge in [-0.05, 0) is 38.1 Å². The lowest BCUT2D eigenvalue weighted by atomic mass is 10.3. The Morgan fingerprint density at radius 3 is 1.44 bits per heavy atom. The van der Waals surface area contributed by atoms with Crippen LogP contribution in [0.5, 0.6) is 0 Å². The van der Waals surface area contributed by atoms with Crippen molar-refractivity contribution in [3.05, 3.63) is 84.9 Å². The molecule has 2 nitrogen and oxygen atoms in total. The van der Waals surface area contributed by atoms with Gasteiger partial charge in [-0.2, -0.15) is 0 Å². The highest BCUT2D eigenvalue weighted by atomic mass is 31.2. The molecule has 0 saturated heterocycles. The van der Waals surface area contributed by atoms with E-state index < -0.39 is 7.14 Å². The molecular weight excluding hydrogens is 325 g/mol. The summed E-state index contributed by atoms with van der Waals surface area (Å²) in [7, 11) is -2.86. The van der Waals surface area contributed by atoms with Gasteiger partial charge in [0.15, 0.2) is 7.14 Å². The highest BCUT2D eigenvalue weighted by Crippen LogP contribution is 2.42. The molecule has 0 atom stereocenters. The van der Waals surface area contributed by atoms with E-state index in [0.29, 0.717) is 0 Å². The van der Waals surface area contributed by atoms with Crippen LogP contribution in [0.25, 0.3) is 0 Å². The maximum atomic E-state index is 14.2. The third-order valence-electron chi connectivity index (χ3n) is 4.58. The zero-order valence-electron chi connectivity index (χ0n) is 14.8. The van der Waals surface area contributed by atoms with Gasteiger partial charge in [-0.15, -0.1) is 0 Å². The molecule has 3 aromatic carbocycles. The fraction of sp³-hybridized carbons (Fsp3) is 0.182. The van der Waals surface area contributed by atoms with Crippen molar-refractivity contribution < 1.29 is 4.57 Å². The molecule has 0 aliphatic carbocycles. The molecule has 0 radical (unpaired) electrons. The maximum absolute atomic E-state index is 14.2. The van der Waals surface area contributed by atoms with Gasteiger partial charge in [0.1, 0.15) is 0 Å². The summed E-state index contributed by atoms with van der Waals surface area (Å²) >= 11 is 0. The first kappa shape index (κ1) is 17.5. The molecule has 0 saturated carbocycles. The Hall–Kier alpha value is -2.31. The van der Waals surface area contributed by atoms with E-state index >= 15 is 0 Å². The van der Waals surface area contributed by atoms with Gasteiger partial charge >= 0.3 is 0 Å². The van der Waals surface area contributed by atoms with Crippen molar-refractivity contribution in [2.45, 2.75) is 13.8 Å². The van der Waals surface area contributed by atoms with Crippen LogP contribution in [-0.4, -0.2) is 13.1 Å². The summed E-state index contributed by atoms with van der Waals surface area (Å²) in [5.74, 6) is 0. The van der Waals surface area contributed by atoms with E-state index in [2.05, 4.69) is 30.9 Å². The van der Waals surface area contributed by atoms with E-state index in [1.807, 2.05) is 72.8 Å². The molecule has 0 unspecified atom stereocenters.